The van der Waals surface area contributed by atoms with Crippen LogP contribution >= 0.6 is 11.6 Å². The Hall–Kier alpha value is -1.48. The molecule has 1 aliphatic carbocycles. The van der Waals surface area contributed by atoms with Crippen molar-refractivity contribution < 1.29 is 9.53 Å². The van der Waals surface area contributed by atoms with Crippen molar-refractivity contribution in [2.45, 2.75) is 39.0 Å². The SMILES string of the molecule is CCOC(=O)C1CCCc2c1[nH]c1ccc(C)c(Cl)c21. The summed E-state index contributed by atoms with van der Waals surface area (Å²) in [7, 11) is 0. The van der Waals surface area contributed by atoms with Crippen LogP contribution in [0.3, 0.4) is 0 Å². The highest BCUT2D eigenvalue weighted by Gasteiger charge is 2.31. The number of aromatic nitrogens is 1. The summed E-state index contributed by atoms with van der Waals surface area (Å²) in [6.07, 6.45) is 2.80. The minimum atomic E-state index is -0.178. The number of H-pyrrole nitrogens is 1. The molecular weight excluding hydrogens is 274 g/mol. The van der Waals surface area contributed by atoms with Crippen LogP contribution in [-0.2, 0) is 16.0 Å². The molecule has 4 heteroatoms. The van der Waals surface area contributed by atoms with Gasteiger partial charge in [-0.05, 0) is 50.3 Å². The molecule has 3 nitrogen and oxygen atoms in total. The van der Waals surface area contributed by atoms with Crippen molar-refractivity contribution in [2.24, 2.45) is 0 Å². The summed E-state index contributed by atoms with van der Waals surface area (Å²) in [5.41, 5.74) is 4.27. The topological polar surface area (TPSA) is 42.1 Å². The van der Waals surface area contributed by atoms with E-state index in [2.05, 4.69) is 4.98 Å². The maximum absolute atomic E-state index is 12.1. The summed E-state index contributed by atoms with van der Waals surface area (Å²) >= 11 is 6.46. The number of esters is 1. The van der Waals surface area contributed by atoms with Gasteiger partial charge in [-0.3, -0.25) is 4.79 Å². The van der Waals surface area contributed by atoms with Crippen LogP contribution in [0.15, 0.2) is 12.1 Å². The number of hydrogen-bond acceptors (Lipinski definition) is 2. The molecule has 3 rings (SSSR count). The van der Waals surface area contributed by atoms with Crippen LogP contribution in [0.1, 0.15) is 42.5 Å². The first kappa shape index (κ1) is 13.5. The molecule has 0 fully saturated rings. The van der Waals surface area contributed by atoms with E-state index in [0.717, 1.165) is 46.4 Å². The first-order valence-corrected chi connectivity index (χ1v) is 7.47. The molecule has 106 valence electrons. The lowest BCUT2D eigenvalue weighted by Crippen LogP contribution is -2.20. The lowest BCUT2D eigenvalue weighted by molar-refractivity contribution is -0.145. The zero-order chi connectivity index (χ0) is 14.3. The summed E-state index contributed by atoms with van der Waals surface area (Å²) < 4.78 is 5.20. The Bertz CT molecular complexity index is 675. The Morgan fingerprint density at radius 1 is 1.50 bits per heavy atom. The third kappa shape index (κ3) is 2.01. The monoisotopic (exact) mass is 291 g/mol. The molecule has 20 heavy (non-hydrogen) atoms. The molecule has 1 aliphatic rings. The number of aromatic amines is 1. The van der Waals surface area contributed by atoms with Crippen LogP contribution in [0.5, 0.6) is 0 Å². The molecule has 1 aromatic heterocycles. The van der Waals surface area contributed by atoms with E-state index in [0.29, 0.717) is 6.61 Å². The largest absolute Gasteiger partial charge is 0.465 e. The molecule has 1 unspecified atom stereocenters. The van der Waals surface area contributed by atoms with Gasteiger partial charge in [-0.2, -0.15) is 0 Å². The van der Waals surface area contributed by atoms with Crippen LogP contribution in [-0.4, -0.2) is 17.6 Å². The molecule has 0 amide bonds. The van der Waals surface area contributed by atoms with E-state index in [-0.39, 0.29) is 11.9 Å². The van der Waals surface area contributed by atoms with Gasteiger partial charge in [-0.1, -0.05) is 17.7 Å². The molecule has 0 saturated heterocycles. The number of benzene rings is 1. The number of ether oxygens (including phenoxy) is 1. The molecule has 0 aliphatic heterocycles. The van der Waals surface area contributed by atoms with Crippen LogP contribution in [0, 0.1) is 6.92 Å². The number of nitrogens with one attached hydrogen (secondary N) is 1. The number of rotatable bonds is 2. The quantitative estimate of drug-likeness (QED) is 0.846. The zero-order valence-corrected chi connectivity index (χ0v) is 12.5. The van der Waals surface area contributed by atoms with Crippen molar-refractivity contribution in [1.82, 2.24) is 4.98 Å². The lowest BCUT2D eigenvalue weighted by atomic mass is 9.86. The number of halogens is 1. The second-order valence-electron chi connectivity index (χ2n) is 5.33. The fraction of sp³-hybridized carbons (Fsp3) is 0.438. The molecule has 0 radical (unpaired) electrons. The van der Waals surface area contributed by atoms with Crippen molar-refractivity contribution >= 4 is 28.5 Å². The standard InChI is InChI=1S/C16H18ClNO2/c1-3-20-16(19)11-6-4-5-10-13-12(18-15(10)11)8-7-9(2)14(13)17/h7-8,11,18H,3-6H2,1-2H3. The second-order valence-corrected chi connectivity index (χ2v) is 5.71. The van der Waals surface area contributed by atoms with Crippen molar-refractivity contribution in [3.8, 4) is 0 Å². The van der Waals surface area contributed by atoms with Crippen molar-refractivity contribution in [3.63, 3.8) is 0 Å². The van der Waals surface area contributed by atoms with Gasteiger partial charge in [0.15, 0.2) is 0 Å². The van der Waals surface area contributed by atoms with E-state index in [1.54, 1.807) is 0 Å². The highest BCUT2D eigenvalue weighted by atomic mass is 35.5. The fourth-order valence-electron chi connectivity index (χ4n) is 3.10. The van der Waals surface area contributed by atoms with Crippen molar-refractivity contribution in [1.29, 1.82) is 0 Å². The van der Waals surface area contributed by atoms with E-state index >= 15 is 0 Å². The molecule has 0 bridgehead atoms. The molecule has 0 spiro atoms. The Balaban J connectivity index is 2.16. The number of hydrogen-bond donors (Lipinski definition) is 1. The van der Waals surface area contributed by atoms with E-state index in [9.17, 15) is 4.79 Å². The van der Waals surface area contributed by atoms with E-state index in [4.69, 9.17) is 16.3 Å². The second kappa shape index (κ2) is 5.13. The van der Waals surface area contributed by atoms with Crippen LogP contribution in [0.4, 0.5) is 0 Å². The van der Waals surface area contributed by atoms with Gasteiger partial charge in [-0.15, -0.1) is 0 Å². The van der Waals surface area contributed by atoms with Gasteiger partial charge in [0.2, 0.25) is 0 Å². The molecule has 1 N–H and O–H groups in total. The maximum Gasteiger partial charge on any atom is 0.314 e. The highest BCUT2D eigenvalue weighted by Crippen LogP contribution is 2.40. The van der Waals surface area contributed by atoms with E-state index in [1.165, 1.54) is 5.56 Å². The Kier molecular flexibility index (Phi) is 3.47. The number of carbonyl (C=O) groups is 1. The van der Waals surface area contributed by atoms with Gasteiger partial charge < -0.3 is 9.72 Å². The first-order chi connectivity index (χ1) is 9.63. The van der Waals surface area contributed by atoms with Crippen LogP contribution in [0.2, 0.25) is 5.02 Å². The number of aryl methyl sites for hydroxylation is 2. The van der Waals surface area contributed by atoms with Gasteiger partial charge in [0.25, 0.3) is 0 Å². The van der Waals surface area contributed by atoms with Crippen molar-refractivity contribution in [2.75, 3.05) is 6.61 Å². The van der Waals surface area contributed by atoms with Gasteiger partial charge in [0.1, 0.15) is 0 Å². The summed E-state index contributed by atoms with van der Waals surface area (Å²) in [4.78, 5) is 15.5. The summed E-state index contributed by atoms with van der Waals surface area (Å²) in [5.74, 6) is -0.310. The zero-order valence-electron chi connectivity index (χ0n) is 11.8. The summed E-state index contributed by atoms with van der Waals surface area (Å²) in [5, 5.41) is 1.88. The van der Waals surface area contributed by atoms with Gasteiger partial charge >= 0.3 is 5.97 Å². The number of fused-ring (bicyclic) bond motifs is 3. The Morgan fingerprint density at radius 3 is 3.05 bits per heavy atom. The molecule has 1 aromatic carbocycles. The van der Waals surface area contributed by atoms with Crippen LogP contribution in [0.25, 0.3) is 10.9 Å². The third-order valence-corrected chi connectivity index (χ3v) is 4.56. The van der Waals surface area contributed by atoms with Gasteiger partial charge in [-0.25, -0.2) is 0 Å². The average molecular weight is 292 g/mol. The normalized spacial score (nSPS) is 18.1. The summed E-state index contributed by atoms with van der Waals surface area (Å²) in [6, 6.07) is 4.04. The van der Waals surface area contributed by atoms with Gasteiger partial charge in [0, 0.05) is 16.6 Å². The molecular formula is C16H18ClNO2. The molecule has 0 saturated carbocycles. The average Bonchev–Trinajstić information content (AvgIpc) is 2.82. The maximum atomic E-state index is 12.1. The highest BCUT2D eigenvalue weighted by molar-refractivity contribution is 6.36. The minimum Gasteiger partial charge on any atom is -0.465 e. The minimum absolute atomic E-state index is 0.132. The molecule has 2 aromatic rings. The predicted molar refractivity (Wildman–Crippen MR) is 80.4 cm³/mol. The number of carbonyl (C=O) groups excluding carboxylic acids is 1. The smallest absolute Gasteiger partial charge is 0.314 e. The van der Waals surface area contributed by atoms with E-state index < -0.39 is 0 Å². The predicted octanol–water partition coefficient (Wildman–Crippen LogP) is 4.11. The Morgan fingerprint density at radius 2 is 2.30 bits per heavy atom. The van der Waals surface area contributed by atoms with Gasteiger partial charge in [0.05, 0.1) is 17.5 Å². The molecule has 1 heterocycles. The van der Waals surface area contributed by atoms with Crippen LogP contribution < -0.4 is 0 Å². The fourth-order valence-corrected chi connectivity index (χ4v) is 3.38. The molecule has 1 atom stereocenters. The Labute approximate surface area is 123 Å². The lowest BCUT2D eigenvalue weighted by Gasteiger charge is -2.21. The van der Waals surface area contributed by atoms with Crippen molar-refractivity contribution in [3.05, 3.63) is 34.0 Å². The first-order valence-electron chi connectivity index (χ1n) is 7.09. The van der Waals surface area contributed by atoms with E-state index in [1.807, 2.05) is 26.0 Å². The third-order valence-electron chi connectivity index (χ3n) is 4.07. The summed E-state index contributed by atoms with van der Waals surface area (Å²) in [6.45, 7) is 4.27.